The highest BCUT2D eigenvalue weighted by Crippen LogP contribution is 2.29. The molecule has 2 aromatic carbocycles. The summed E-state index contributed by atoms with van der Waals surface area (Å²) in [6, 6.07) is 9.21. The van der Waals surface area contributed by atoms with Gasteiger partial charge in [0.25, 0.3) is 0 Å². The average Bonchev–Trinajstić information content (AvgIpc) is 2.64. The maximum absolute atomic E-state index is 12.5. The van der Waals surface area contributed by atoms with Gasteiger partial charge >= 0.3 is 6.18 Å². The third-order valence-electron chi connectivity index (χ3n) is 3.71. The van der Waals surface area contributed by atoms with Gasteiger partial charge in [-0.1, -0.05) is 43.0 Å². The first kappa shape index (κ1) is 22.2. The van der Waals surface area contributed by atoms with E-state index in [0.29, 0.717) is 22.4 Å². The molecule has 0 radical (unpaired) electrons. The van der Waals surface area contributed by atoms with Crippen LogP contribution >= 0.6 is 0 Å². The van der Waals surface area contributed by atoms with Crippen molar-refractivity contribution in [2.24, 2.45) is 4.99 Å². The molecule has 154 valence electrons. The molecular weight excluding hydrogens is 405 g/mol. The molecule has 2 rings (SSSR count). The first-order valence-electron chi connectivity index (χ1n) is 8.28. The Morgan fingerprint density at radius 3 is 2.41 bits per heavy atom. The molecule has 0 fully saturated rings. The second kappa shape index (κ2) is 8.95. The Morgan fingerprint density at radius 1 is 1.21 bits per heavy atom. The van der Waals surface area contributed by atoms with Crippen molar-refractivity contribution < 1.29 is 26.7 Å². The van der Waals surface area contributed by atoms with Crippen molar-refractivity contribution in [2.75, 3.05) is 11.0 Å². The minimum atomic E-state index is -4.41. The molecular formula is C20H18F3N2O3S-. The summed E-state index contributed by atoms with van der Waals surface area (Å²) in [6.45, 7) is 3.68. The highest BCUT2D eigenvalue weighted by Gasteiger charge is 2.29. The van der Waals surface area contributed by atoms with Crippen LogP contribution in [0.15, 0.2) is 60.1 Å². The van der Waals surface area contributed by atoms with Crippen molar-refractivity contribution in [1.82, 2.24) is 0 Å². The van der Waals surface area contributed by atoms with Crippen molar-refractivity contribution in [3.05, 3.63) is 77.4 Å². The maximum atomic E-state index is 12.5. The molecule has 0 aromatic heterocycles. The summed E-state index contributed by atoms with van der Waals surface area (Å²) in [5, 5.41) is 11.9. The van der Waals surface area contributed by atoms with Crippen LogP contribution in [0.1, 0.15) is 22.3 Å². The molecule has 0 atom stereocenters. The van der Waals surface area contributed by atoms with E-state index in [1.807, 2.05) is 0 Å². The number of nitrogens with zero attached hydrogens (tertiary/aromatic N) is 1. The van der Waals surface area contributed by atoms with Gasteiger partial charge in [0.2, 0.25) is 10.0 Å². The molecule has 0 saturated carbocycles. The van der Waals surface area contributed by atoms with Crippen LogP contribution in [0.2, 0.25) is 0 Å². The van der Waals surface area contributed by atoms with E-state index in [1.165, 1.54) is 24.3 Å². The fourth-order valence-electron chi connectivity index (χ4n) is 2.34. The molecule has 0 aliphatic heterocycles. The smallest absolute Gasteiger partial charge is 0.416 e. The molecule has 5 nitrogen and oxygen atoms in total. The van der Waals surface area contributed by atoms with Gasteiger partial charge in [-0.25, -0.2) is 8.42 Å². The molecule has 1 N–H and O–H groups in total. The predicted molar refractivity (Wildman–Crippen MR) is 107 cm³/mol. The zero-order valence-electron chi connectivity index (χ0n) is 15.4. The summed E-state index contributed by atoms with van der Waals surface area (Å²) < 4.78 is 62.7. The highest BCUT2D eigenvalue weighted by atomic mass is 32.2. The molecule has 0 spiro atoms. The van der Waals surface area contributed by atoms with Gasteiger partial charge in [-0.15, -0.1) is 0 Å². The van der Waals surface area contributed by atoms with Gasteiger partial charge in [-0.3, -0.25) is 9.71 Å². The van der Waals surface area contributed by atoms with Crippen molar-refractivity contribution in [3.63, 3.8) is 0 Å². The third-order valence-corrected chi connectivity index (χ3v) is 4.30. The zero-order chi connectivity index (χ0) is 21.7. The summed E-state index contributed by atoms with van der Waals surface area (Å²) >= 11 is 0. The van der Waals surface area contributed by atoms with Gasteiger partial charge in [-0.2, -0.15) is 13.2 Å². The molecule has 0 unspecified atom stereocenters. The minimum Gasteiger partial charge on any atom is -0.859 e. The van der Waals surface area contributed by atoms with Crippen molar-refractivity contribution in [3.8, 4) is 0 Å². The highest BCUT2D eigenvalue weighted by molar-refractivity contribution is 7.92. The Balaban J connectivity index is 2.07. The second-order valence-electron chi connectivity index (χ2n) is 6.11. The van der Waals surface area contributed by atoms with Crippen LogP contribution in [-0.2, 0) is 22.7 Å². The first-order chi connectivity index (χ1) is 13.5. The van der Waals surface area contributed by atoms with Gasteiger partial charge < -0.3 is 5.11 Å². The molecule has 29 heavy (non-hydrogen) atoms. The fraction of sp³-hybridized carbons (Fsp3) is 0.150. The predicted octanol–water partition coefficient (Wildman–Crippen LogP) is 3.69. The lowest BCUT2D eigenvalue weighted by molar-refractivity contribution is -0.212. The standard InChI is InChI=1S/C20H19F3N2O3S/c1-3-16-12-15(6-10-18(16)25-29(2,27)28)13-24-19(26)11-7-14-4-8-17(9-5-14)20(21,22)23/h3-12,25H,1,13H2,2H3,(H,24,26)/p-1. The number of aliphatic imine (C=N–C) groups is 1. The van der Waals surface area contributed by atoms with Crippen LogP contribution < -0.4 is 9.83 Å². The molecule has 0 aliphatic carbocycles. The topological polar surface area (TPSA) is 81.6 Å². The Kier molecular flexibility index (Phi) is 6.86. The van der Waals surface area contributed by atoms with Crippen LogP contribution in [0.3, 0.4) is 0 Å². The van der Waals surface area contributed by atoms with E-state index < -0.39 is 27.7 Å². The van der Waals surface area contributed by atoms with Crippen LogP contribution in [0.4, 0.5) is 18.9 Å². The lowest BCUT2D eigenvalue weighted by Gasteiger charge is -2.10. The van der Waals surface area contributed by atoms with E-state index in [0.717, 1.165) is 24.5 Å². The van der Waals surface area contributed by atoms with E-state index in [2.05, 4.69) is 16.3 Å². The molecule has 2 aromatic rings. The Morgan fingerprint density at radius 2 is 1.86 bits per heavy atom. The molecule has 0 bridgehead atoms. The van der Waals surface area contributed by atoms with Gasteiger partial charge in [-0.05, 0) is 46.9 Å². The number of sulfonamides is 1. The zero-order valence-corrected chi connectivity index (χ0v) is 16.2. The largest absolute Gasteiger partial charge is 0.859 e. The normalized spacial score (nSPS) is 12.9. The van der Waals surface area contributed by atoms with Crippen LogP contribution in [0.25, 0.3) is 12.2 Å². The fourth-order valence-corrected chi connectivity index (χ4v) is 2.93. The quantitative estimate of drug-likeness (QED) is 0.545. The van der Waals surface area contributed by atoms with Crippen molar-refractivity contribution in [1.29, 1.82) is 0 Å². The summed E-state index contributed by atoms with van der Waals surface area (Å²) in [4.78, 5) is 3.87. The summed E-state index contributed by atoms with van der Waals surface area (Å²) in [5.74, 6) is -0.552. The Hall–Kier alpha value is -3.07. The average molecular weight is 423 g/mol. The molecule has 9 heteroatoms. The monoisotopic (exact) mass is 423 g/mol. The van der Waals surface area contributed by atoms with E-state index in [4.69, 9.17) is 0 Å². The van der Waals surface area contributed by atoms with Gasteiger partial charge in [0.15, 0.2) is 0 Å². The number of anilines is 1. The summed E-state index contributed by atoms with van der Waals surface area (Å²) in [6.07, 6.45) is 0.634. The third kappa shape index (κ3) is 7.11. The van der Waals surface area contributed by atoms with Gasteiger partial charge in [0.05, 0.1) is 24.1 Å². The van der Waals surface area contributed by atoms with E-state index in [1.54, 1.807) is 18.2 Å². The van der Waals surface area contributed by atoms with Gasteiger partial charge in [0.1, 0.15) is 0 Å². The maximum Gasteiger partial charge on any atom is 0.416 e. The molecule has 0 aliphatic rings. The number of hydrogen-bond donors (Lipinski definition) is 1. The number of alkyl halides is 3. The van der Waals surface area contributed by atoms with Crippen LogP contribution in [0.5, 0.6) is 0 Å². The first-order valence-corrected chi connectivity index (χ1v) is 10.2. The van der Waals surface area contributed by atoms with Crippen molar-refractivity contribution in [2.45, 2.75) is 12.7 Å². The number of hydrogen-bond acceptors (Lipinski definition) is 4. The lowest BCUT2D eigenvalue weighted by Crippen LogP contribution is -2.14. The second-order valence-corrected chi connectivity index (χ2v) is 7.86. The number of benzene rings is 2. The van der Waals surface area contributed by atoms with E-state index in [-0.39, 0.29) is 6.54 Å². The van der Waals surface area contributed by atoms with Crippen LogP contribution in [-0.4, -0.2) is 20.6 Å². The van der Waals surface area contributed by atoms with Crippen molar-refractivity contribution >= 4 is 33.8 Å². The van der Waals surface area contributed by atoms with E-state index in [9.17, 15) is 26.7 Å². The Bertz CT molecular complexity index is 1040. The molecule has 0 saturated heterocycles. The number of nitrogens with one attached hydrogen (secondary N) is 1. The van der Waals surface area contributed by atoms with Gasteiger partial charge in [0, 0.05) is 0 Å². The molecule has 0 amide bonds. The van der Waals surface area contributed by atoms with Crippen LogP contribution in [0, 0.1) is 0 Å². The number of rotatable bonds is 7. The summed E-state index contributed by atoms with van der Waals surface area (Å²) in [7, 11) is -3.44. The summed E-state index contributed by atoms with van der Waals surface area (Å²) in [5.41, 5.74) is 1.23. The Labute approximate surface area is 167 Å². The number of halogens is 3. The minimum absolute atomic E-state index is 0.0518. The SMILES string of the molecule is C=Cc1cc(CN=C([O-])C=Cc2ccc(C(F)(F)F)cc2)ccc1NS(C)(=O)=O. The molecule has 0 heterocycles. The van der Waals surface area contributed by atoms with E-state index >= 15 is 0 Å². The lowest BCUT2D eigenvalue weighted by atomic mass is 10.1.